The highest BCUT2D eigenvalue weighted by atomic mass is 16.2. The van der Waals surface area contributed by atoms with Gasteiger partial charge in [-0.1, -0.05) is 6.07 Å². The Balaban J connectivity index is 1.55. The second kappa shape index (κ2) is 6.64. The Hall–Kier alpha value is -2.30. The topological polar surface area (TPSA) is 59.0 Å². The Kier molecular flexibility index (Phi) is 4.42. The van der Waals surface area contributed by atoms with Crippen molar-refractivity contribution >= 4 is 5.91 Å². The monoisotopic (exact) mass is 296 g/mol. The molecule has 0 radical (unpaired) electrons. The van der Waals surface area contributed by atoms with Crippen LogP contribution in [0.1, 0.15) is 35.8 Å². The van der Waals surface area contributed by atoms with E-state index in [1.165, 1.54) is 0 Å². The lowest BCUT2D eigenvalue weighted by atomic mass is 10.1. The number of aryl methyl sites for hydroxylation is 2. The van der Waals surface area contributed by atoms with E-state index in [0.29, 0.717) is 6.42 Å². The van der Waals surface area contributed by atoms with Crippen LogP contribution in [0.4, 0.5) is 0 Å². The number of amides is 1. The molecule has 5 nitrogen and oxygen atoms in total. The SMILES string of the molecule is Cc1ccnc([C@H]2CCN(C(=O)CCc3cccnc3)C2)n1. The van der Waals surface area contributed by atoms with Gasteiger partial charge in [0.05, 0.1) is 0 Å². The second-order valence-corrected chi connectivity index (χ2v) is 5.74. The molecule has 1 atom stereocenters. The van der Waals surface area contributed by atoms with Crippen LogP contribution >= 0.6 is 0 Å². The van der Waals surface area contributed by atoms with E-state index >= 15 is 0 Å². The van der Waals surface area contributed by atoms with Crippen molar-refractivity contribution in [3.63, 3.8) is 0 Å². The summed E-state index contributed by atoms with van der Waals surface area (Å²) in [5.74, 6) is 1.34. The summed E-state index contributed by atoms with van der Waals surface area (Å²) >= 11 is 0. The highest BCUT2D eigenvalue weighted by molar-refractivity contribution is 5.76. The standard InChI is InChI=1S/C17H20N4O/c1-13-6-9-19-17(20-13)15-7-10-21(12-15)16(22)5-4-14-3-2-8-18-11-14/h2-3,6,8-9,11,15H,4-5,7,10,12H2,1H3/t15-/m0/s1. The maximum atomic E-state index is 12.3. The number of carbonyl (C=O) groups is 1. The minimum atomic E-state index is 0.207. The maximum Gasteiger partial charge on any atom is 0.222 e. The summed E-state index contributed by atoms with van der Waals surface area (Å²) in [5, 5.41) is 0. The molecule has 0 aromatic carbocycles. The molecule has 5 heteroatoms. The summed E-state index contributed by atoms with van der Waals surface area (Å²) in [6, 6.07) is 5.81. The molecule has 1 amide bonds. The normalized spacial score (nSPS) is 17.7. The molecule has 1 fully saturated rings. The van der Waals surface area contributed by atoms with Gasteiger partial charge in [0.25, 0.3) is 0 Å². The summed E-state index contributed by atoms with van der Waals surface area (Å²) < 4.78 is 0. The number of nitrogens with zero attached hydrogens (tertiary/aromatic N) is 4. The maximum absolute atomic E-state index is 12.3. The molecule has 2 aromatic heterocycles. The van der Waals surface area contributed by atoms with Gasteiger partial charge in [-0.05, 0) is 37.5 Å². The molecule has 114 valence electrons. The van der Waals surface area contributed by atoms with Crippen LogP contribution in [0, 0.1) is 6.92 Å². The molecule has 3 heterocycles. The predicted molar refractivity (Wildman–Crippen MR) is 83.3 cm³/mol. The van der Waals surface area contributed by atoms with Gasteiger partial charge in [-0.25, -0.2) is 9.97 Å². The van der Waals surface area contributed by atoms with Crippen LogP contribution in [-0.4, -0.2) is 38.8 Å². The fourth-order valence-electron chi connectivity index (χ4n) is 2.82. The lowest BCUT2D eigenvalue weighted by molar-refractivity contribution is -0.130. The third-order valence-electron chi connectivity index (χ3n) is 4.07. The van der Waals surface area contributed by atoms with Crippen LogP contribution < -0.4 is 0 Å². The van der Waals surface area contributed by atoms with Crippen LogP contribution in [-0.2, 0) is 11.2 Å². The smallest absolute Gasteiger partial charge is 0.222 e. The molecule has 1 aliphatic rings. The van der Waals surface area contributed by atoms with Crippen LogP contribution in [0.2, 0.25) is 0 Å². The molecular weight excluding hydrogens is 276 g/mol. The number of hydrogen-bond acceptors (Lipinski definition) is 4. The Bertz CT molecular complexity index is 644. The van der Waals surface area contributed by atoms with Crippen LogP contribution in [0.5, 0.6) is 0 Å². The van der Waals surface area contributed by atoms with Crippen LogP contribution in [0.25, 0.3) is 0 Å². The van der Waals surface area contributed by atoms with Crippen molar-refractivity contribution in [2.45, 2.75) is 32.1 Å². The molecule has 2 aromatic rings. The molecule has 0 N–H and O–H groups in total. The molecule has 1 saturated heterocycles. The van der Waals surface area contributed by atoms with Gasteiger partial charge in [-0.2, -0.15) is 0 Å². The average Bonchev–Trinajstić information content (AvgIpc) is 3.04. The van der Waals surface area contributed by atoms with Crippen molar-refractivity contribution < 1.29 is 4.79 Å². The minimum absolute atomic E-state index is 0.207. The van der Waals surface area contributed by atoms with E-state index in [1.54, 1.807) is 12.4 Å². The number of rotatable bonds is 4. The van der Waals surface area contributed by atoms with E-state index in [1.807, 2.05) is 36.2 Å². The average molecular weight is 296 g/mol. The fraction of sp³-hybridized carbons (Fsp3) is 0.412. The lowest BCUT2D eigenvalue weighted by Crippen LogP contribution is -2.28. The van der Waals surface area contributed by atoms with Gasteiger partial charge < -0.3 is 4.90 Å². The molecule has 0 saturated carbocycles. The van der Waals surface area contributed by atoms with Crippen molar-refractivity contribution in [2.24, 2.45) is 0 Å². The second-order valence-electron chi connectivity index (χ2n) is 5.74. The van der Waals surface area contributed by atoms with Gasteiger partial charge >= 0.3 is 0 Å². The van der Waals surface area contributed by atoms with E-state index in [-0.39, 0.29) is 11.8 Å². The predicted octanol–water partition coefficient (Wildman–Crippen LogP) is 2.13. The quantitative estimate of drug-likeness (QED) is 0.867. The van der Waals surface area contributed by atoms with Crippen molar-refractivity contribution in [1.29, 1.82) is 0 Å². The van der Waals surface area contributed by atoms with E-state index in [4.69, 9.17) is 0 Å². The van der Waals surface area contributed by atoms with Gasteiger partial charge in [0.1, 0.15) is 5.82 Å². The van der Waals surface area contributed by atoms with Gasteiger partial charge in [0.2, 0.25) is 5.91 Å². The third-order valence-corrected chi connectivity index (χ3v) is 4.07. The first-order chi connectivity index (χ1) is 10.7. The Morgan fingerprint density at radius 3 is 3.05 bits per heavy atom. The van der Waals surface area contributed by atoms with Gasteiger partial charge in [-0.15, -0.1) is 0 Å². The summed E-state index contributed by atoms with van der Waals surface area (Å²) in [4.78, 5) is 27.2. The number of pyridine rings is 1. The summed E-state index contributed by atoms with van der Waals surface area (Å²) in [6.07, 6.45) is 7.59. The zero-order chi connectivity index (χ0) is 15.4. The van der Waals surface area contributed by atoms with Crippen LogP contribution in [0.15, 0.2) is 36.8 Å². The molecule has 0 bridgehead atoms. The minimum Gasteiger partial charge on any atom is -0.342 e. The lowest BCUT2D eigenvalue weighted by Gasteiger charge is -2.16. The number of hydrogen-bond donors (Lipinski definition) is 0. The molecule has 0 spiro atoms. The Morgan fingerprint density at radius 2 is 2.27 bits per heavy atom. The van der Waals surface area contributed by atoms with E-state index in [0.717, 1.165) is 43.0 Å². The first kappa shape index (κ1) is 14.6. The van der Waals surface area contributed by atoms with Crippen molar-refractivity contribution in [1.82, 2.24) is 19.9 Å². The summed E-state index contributed by atoms with van der Waals surface area (Å²) in [5.41, 5.74) is 2.08. The molecule has 0 aliphatic carbocycles. The first-order valence-corrected chi connectivity index (χ1v) is 7.68. The van der Waals surface area contributed by atoms with Gasteiger partial charge in [-0.3, -0.25) is 9.78 Å². The molecule has 1 aliphatic heterocycles. The highest BCUT2D eigenvalue weighted by Gasteiger charge is 2.28. The number of aromatic nitrogens is 3. The van der Waals surface area contributed by atoms with Crippen LogP contribution in [0.3, 0.4) is 0 Å². The van der Waals surface area contributed by atoms with Crippen molar-refractivity contribution in [2.75, 3.05) is 13.1 Å². The van der Waals surface area contributed by atoms with Crippen molar-refractivity contribution in [3.8, 4) is 0 Å². The van der Waals surface area contributed by atoms with Gasteiger partial charge in [0.15, 0.2) is 0 Å². The summed E-state index contributed by atoms with van der Waals surface area (Å²) in [7, 11) is 0. The van der Waals surface area contributed by atoms with Gasteiger partial charge in [0, 0.05) is 49.7 Å². The first-order valence-electron chi connectivity index (χ1n) is 7.68. The molecule has 22 heavy (non-hydrogen) atoms. The van der Waals surface area contributed by atoms with Crippen molar-refractivity contribution in [3.05, 3.63) is 53.9 Å². The molecule has 0 unspecified atom stereocenters. The number of likely N-dealkylation sites (tertiary alicyclic amines) is 1. The molecule has 3 rings (SSSR count). The van der Waals surface area contributed by atoms with E-state index in [2.05, 4.69) is 15.0 Å². The molecular formula is C17H20N4O. The van der Waals surface area contributed by atoms with E-state index < -0.39 is 0 Å². The third kappa shape index (κ3) is 3.47. The Morgan fingerprint density at radius 1 is 1.36 bits per heavy atom. The zero-order valence-electron chi connectivity index (χ0n) is 12.8. The highest BCUT2D eigenvalue weighted by Crippen LogP contribution is 2.25. The zero-order valence-corrected chi connectivity index (χ0v) is 12.8. The summed E-state index contributed by atoms with van der Waals surface area (Å²) in [6.45, 7) is 3.50. The van der Waals surface area contributed by atoms with E-state index in [9.17, 15) is 4.79 Å². The number of carbonyl (C=O) groups excluding carboxylic acids is 1. The largest absolute Gasteiger partial charge is 0.342 e. The fourth-order valence-corrected chi connectivity index (χ4v) is 2.82. The Labute approximate surface area is 130 Å².